The van der Waals surface area contributed by atoms with Crippen molar-refractivity contribution in [3.05, 3.63) is 16.3 Å². The molecule has 1 aromatic heterocycles. The van der Waals surface area contributed by atoms with Gasteiger partial charge in [0.25, 0.3) is 0 Å². The number of nitrogens with two attached hydrogens (primary N) is 1. The standard InChI is InChI=1S/C14H23N3O2S2/c15-11-13-14(5-10-20-13)21(18,19)17-8-6-16(7-9-17)12-3-1-2-4-12/h5,10,12H,1-4,6-9,11,15H2. The summed E-state index contributed by atoms with van der Waals surface area (Å²) in [6, 6.07) is 2.36. The second-order valence-corrected chi connectivity index (χ2v) is 8.70. The van der Waals surface area contributed by atoms with E-state index in [0.717, 1.165) is 18.0 Å². The maximum absolute atomic E-state index is 12.7. The summed E-state index contributed by atoms with van der Waals surface area (Å²) in [4.78, 5) is 3.63. The Kier molecular flexibility index (Phi) is 4.66. The van der Waals surface area contributed by atoms with Crippen LogP contribution in [0.25, 0.3) is 0 Å². The number of hydrogen-bond donors (Lipinski definition) is 1. The van der Waals surface area contributed by atoms with Crippen LogP contribution >= 0.6 is 11.3 Å². The lowest BCUT2D eigenvalue weighted by Crippen LogP contribution is -2.51. The highest BCUT2D eigenvalue weighted by Crippen LogP contribution is 2.28. The van der Waals surface area contributed by atoms with Gasteiger partial charge in [-0.25, -0.2) is 8.42 Å². The smallest absolute Gasteiger partial charge is 0.244 e. The van der Waals surface area contributed by atoms with Crippen molar-refractivity contribution in [1.29, 1.82) is 0 Å². The van der Waals surface area contributed by atoms with Gasteiger partial charge in [0.05, 0.1) is 4.90 Å². The van der Waals surface area contributed by atoms with Crippen LogP contribution in [0, 0.1) is 0 Å². The number of hydrogen-bond acceptors (Lipinski definition) is 5. The van der Waals surface area contributed by atoms with E-state index in [0.29, 0.717) is 24.0 Å². The highest BCUT2D eigenvalue weighted by Gasteiger charge is 2.33. The maximum Gasteiger partial charge on any atom is 0.244 e. The van der Waals surface area contributed by atoms with Crippen LogP contribution in [0.4, 0.5) is 0 Å². The zero-order chi connectivity index (χ0) is 14.9. The molecule has 0 bridgehead atoms. The van der Waals surface area contributed by atoms with Gasteiger partial charge in [0.1, 0.15) is 0 Å². The van der Waals surface area contributed by atoms with Crippen molar-refractivity contribution in [3.8, 4) is 0 Å². The summed E-state index contributed by atoms with van der Waals surface area (Å²) in [5.41, 5.74) is 5.65. The molecule has 118 valence electrons. The largest absolute Gasteiger partial charge is 0.326 e. The monoisotopic (exact) mass is 329 g/mol. The Morgan fingerprint density at radius 2 is 1.86 bits per heavy atom. The number of rotatable bonds is 4. The molecule has 5 nitrogen and oxygen atoms in total. The topological polar surface area (TPSA) is 66.6 Å². The Morgan fingerprint density at radius 3 is 2.48 bits per heavy atom. The van der Waals surface area contributed by atoms with Crippen LogP contribution in [0.1, 0.15) is 30.6 Å². The Labute approximate surface area is 130 Å². The predicted octanol–water partition coefficient (Wildman–Crippen LogP) is 1.46. The van der Waals surface area contributed by atoms with Crippen molar-refractivity contribution in [2.75, 3.05) is 26.2 Å². The molecule has 2 heterocycles. The Morgan fingerprint density at radius 1 is 1.19 bits per heavy atom. The number of nitrogens with zero attached hydrogens (tertiary/aromatic N) is 2. The number of piperazine rings is 1. The first-order chi connectivity index (χ1) is 10.1. The summed E-state index contributed by atoms with van der Waals surface area (Å²) < 4.78 is 27.1. The average molecular weight is 329 g/mol. The third-order valence-electron chi connectivity index (χ3n) is 4.62. The van der Waals surface area contributed by atoms with Crippen molar-refractivity contribution >= 4 is 21.4 Å². The van der Waals surface area contributed by atoms with E-state index in [1.807, 2.05) is 5.38 Å². The fraction of sp³-hybridized carbons (Fsp3) is 0.714. The lowest BCUT2D eigenvalue weighted by atomic mass is 10.2. The van der Waals surface area contributed by atoms with Crippen molar-refractivity contribution in [2.45, 2.75) is 43.2 Å². The van der Waals surface area contributed by atoms with Gasteiger partial charge in [-0.1, -0.05) is 12.8 Å². The van der Waals surface area contributed by atoms with Crippen molar-refractivity contribution in [2.24, 2.45) is 5.73 Å². The molecule has 0 aromatic carbocycles. The molecule has 1 aliphatic heterocycles. The second-order valence-electron chi connectivity index (χ2n) is 5.79. The molecular formula is C14H23N3O2S2. The van der Waals surface area contributed by atoms with Gasteiger partial charge in [-0.15, -0.1) is 11.3 Å². The van der Waals surface area contributed by atoms with Crippen molar-refractivity contribution in [1.82, 2.24) is 9.21 Å². The summed E-state index contributed by atoms with van der Waals surface area (Å²) in [7, 11) is -3.37. The Bertz CT molecular complexity index is 571. The predicted molar refractivity (Wildman–Crippen MR) is 84.8 cm³/mol. The SMILES string of the molecule is NCc1sccc1S(=O)(=O)N1CCN(C2CCCC2)CC1. The second kappa shape index (κ2) is 6.34. The molecule has 1 saturated carbocycles. The Balaban J connectivity index is 1.68. The summed E-state index contributed by atoms with van der Waals surface area (Å²) in [5.74, 6) is 0. The summed E-state index contributed by atoms with van der Waals surface area (Å²) >= 11 is 1.42. The van der Waals surface area contributed by atoms with Gasteiger partial charge < -0.3 is 5.73 Å². The fourth-order valence-corrected chi connectivity index (χ4v) is 6.15. The number of thiophene rings is 1. The molecular weight excluding hydrogens is 306 g/mol. The van der Waals surface area contributed by atoms with Crippen LogP contribution in [-0.2, 0) is 16.6 Å². The van der Waals surface area contributed by atoms with E-state index in [1.54, 1.807) is 10.4 Å². The summed E-state index contributed by atoms with van der Waals surface area (Å²) in [6.45, 7) is 3.18. The minimum Gasteiger partial charge on any atom is -0.326 e. The molecule has 1 aliphatic carbocycles. The van der Waals surface area contributed by atoms with Gasteiger partial charge in [-0.05, 0) is 24.3 Å². The maximum atomic E-state index is 12.7. The van der Waals surface area contributed by atoms with Crippen molar-refractivity contribution < 1.29 is 8.42 Å². The lowest BCUT2D eigenvalue weighted by Gasteiger charge is -2.37. The molecule has 0 amide bonds. The van der Waals surface area contributed by atoms with E-state index in [2.05, 4.69) is 4.90 Å². The summed E-state index contributed by atoms with van der Waals surface area (Å²) in [5, 5.41) is 1.81. The molecule has 2 fully saturated rings. The first-order valence-electron chi connectivity index (χ1n) is 7.63. The highest BCUT2D eigenvalue weighted by molar-refractivity contribution is 7.89. The summed E-state index contributed by atoms with van der Waals surface area (Å²) in [6.07, 6.45) is 5.18. The minimum atomic E-state index is -3.37. The molecule has 3 rings (SSSR count). The molecule has 0 radical (unpaired) electrons. The molecule has 0 atom stereocenters. The van der Waals surface area contributed by atoms with Gasteiger partial charge in [0.15, 0.2) is 0 Å². The highest BCUT2D eigenvalue weighted by atomic mass is 32.2. The first-order valence-corrected chi connectivity index (χ1v) is 9.95. The minimum absolute atomic E-state index is 0.286. The molecule has 2 N–H and O–H groups in total. The number of sulfonamides is 1. The quantitative estimate of drug-likeness (QED) is 0.908. The molecule has 1 aromatic rings. The molecule has 7 heteroatoms. The van der Waals surface area contributed by atoms with Gasteiger partial charge in [0.2, 0.25) is 10.0 Å². The average Bonchev–Trinajstić information content (AvgIpc) is 3.18. The normalized spacial score (nSPS) is 22.9. The van der Waals surface area contributed by atoms with E-state index in [9.17, 15) is 8.42 Å². The van der Waals surface area contributed by atoms with Crippen molar-refractivity contribution in [3.63, 3.8) is 0 Å². The van der Waals surface area contributed by atoms with Crippen LogP contribution in [0.15, 0.2) is 16.3 Å². The molecule has 0 unspecified atom stereocenters. The van der Waals surface area contributed by atoms with Crippen LogP contribution in [-0.4, -0.2) is 49.8 Å². The van der Waals surface area contributed by atoms with E-state index in [4.69, 9.17) is 5.73 Å². The van der Waals surface area contributed by atoms with E-state index in [-0.39, 0.29) is 6.54 Å². The van der Waals surface area contributed by atoms with Gasteiger partial charge in [0, 0.05) is 43.6 Å². The van der Waals surface area contributed by atoms with Gasteiger partial charge in [-0.3, -0.25) is 4.90 Å². The van der Waals surface area contributed by atoms with E-state index >= 15 is 0 Å². The van der Waals surface area contributed by atoms with Gasteiger partial charge >= 0.3 is 0 Å². The third-order valence-corrected chi connectivity index (χ3v) is 7.68. The molecule has 1 saturated heterocycles. The molecule has 21 heavy (non-hydrogen) atoms. The Hall–Kier alpha value is -0.470. The molecule has 2 aliphatic rings. The first kappa shape index (κ1) is 15.4. The van der Waals surface area contributed by atoms with Crippen LogP contribution < -0.4 is 5.73 Å². The van der Waals surface area contributed by atoms with Crippen LogP contribution in [0.3, 0.4) is 0 Å². The van der Waals surface area contributed by atoms with E-state index in [1.165, 1.54) is 37.0 Å². The zero-order valence-electron chi connectivity index (χ0n) is 12.2. The zero-order valence-corrected chi connectivity index (χ0v) is 13.8. The fourth-order valence-electron chi connectivity index (χ4n) is 3.43. The van der Waals surface area contributed by atoms with E-state index < -0.39 is 10.0 Å². The lowest BCUT2D eigenvalue weighted by molar-refractivity contribution is 0.139. The van der Waals surface area contributed by atoms with Crippen LogP contribution in [0.2, 0.25) is 0 Å². The molecule has 0 spiro atoms. The third kappa shape index (κ3) is 3.03. The van der Waals surface area contributed by atoms with Gasteiger partial charge in [-0.2, -0.15) is 4.31 Å². The van der Waals surface area contributed by atoms with Crippen LogP contribution in [0.5, 0.6) is 0 Å².